The Kier molecular flexibility index (Phi) is 3.12. The monoisotopic (exact) mass is 328 g/mol. The van der Waals surface area contributed by atoms with Gasteiger partial charge in [0, 0.05) is 18.0 Å². The minimum absolute atomic E-state index is 0.0410. The topological polar surface area (TPSA) is 50.8 Å². The highest BCUT2D eigenvalue weighted by Crippen LogP contribution is 2.56. The molecule has 1 saturated carbocycles. The normalized spacial score (nSPS) is 42.7. The molecule has 5 nitrogen and oxygen atoms in total. The number of rotatable bonds is 2. The van der Waals surface area contributed by atoms with Crippen molar-refractivity contribution in [3.8, 4) is 0 Å². The highest BCUT2D eigenvalue weighted by Gasteiger charge is 2.64. The zero-order chi connectivity index (χ0) is 16.5. The van der Waals surface area contributed by atoms with E-state index in [4.69, 9.17) is 9.57 Å². The van der Waals surface area contributed by atoms with E-state index in [0.717, 1.165) is 37.1 Å². The fraction of sp³-hybridized carbons (Fsp3) is 0.632. The summed E-state index contributed by atoms with van der Waals surface area (Å²) in [6.07, 6.45) is 2.87. The summed E-state index contributed by atoms with van der Waals surface area (Å²) < 4.78 is 6.29. The summed E-state index contributed by atoms with van der Waals surface area (Å²) in [4.78, 5) is 18.9. The van der Waals surface area contributed by atoms with Crippen LogP contribution < -0.4 is 10.4 Å². The predicted molar refractivity (Wildman–Crippen MR) is 89.6 cm³/mol. The Morgan fingerprint density at radius 3 is 3.00 bits per heavy atom. The number of nitrogens with one attached hydrogen (secondary N) is 1. The van der Waals surface area contributed by atoms with Gasteiger partial charge in [0.05, 0.1) is 25.5 Å². The van der Waals surface area contributed by atoms with Gasteiger partial charge in [-0.1, -0.05) is 25.1 Å². The Bertz CT molecular complexity index is 693. The number of amides is 1. The summed E-state index contributed by atoms with van der Waals surface area (Å²) in [6, 6.07) is 8.95. The molecule has 1 aliphatic carbocycles. The van der Waals surface area contributed by atoms with Crippen LogP contribution in [0.3, 0.4) is 0 Å². The molecule has 4 aliphatic heterocycles. The minimum atomic E-state index is -0.605. The van der Waals surface area contributed by atoms with Crippen LogP contribution >= 0.6 is 0 Å². The molecule has 3 saturated heterocycles. The molecule has 4 bridgehead atoms. The van der Waals surface area contributed by atoms with Gasteiger partial charge in [-0.25, -0.2) is 0 Å². The molecule has 1 amide bonds. The summed E-state index contributed by atoms with van der Waals surface area (Å²) in [6.45, 7) is 3.02. The lowest BCUT2D eigenvalue weighted by Gasteiger charge is -2.40. The summed E-state index contributed by atoms with van der Waals surface area (Å²) >= 11 is 0. The van der Waals surface area contributed by atoms with E-state index < -0.39 is 5.41 Å². The van der Waals surface area contributed by atoms with E-state index in [0.29, 0.717) is 23.9 Å². The molecule has 0 radical (unpaired) electrons. The molecule has 5 heteroatoms. The van der Waals surface area contributed by atoms with Crippen LogP contribution in [0.5, 0.6) is 0 Å². The van der Waals surface area contributed by atoms with Crippen molar-refractivity contribution in [2.75, 3.05) is 18.8 Å². The number of benzene rings is 1. The third-order valence-electron chi connectivity index (χ3n) is 6.87. The van der Waals surface area contributed by atoms with Crippen LogP contribution in [0.15, 0.2) is 24.3 Å². The first kappa shape index (κ1) is 14.9. The Morgan fingerprint density at radius 2 is 2.21 bits per heavy atom. The van der Waals surface area contributed by atoms with Gasteiger partial charge in [-0.15, -0.1) is 0 Å². The summed E-state index contributed by atoms with van der Waals surface area (Å²) in [5.74, 6) is 1.19. The van der Waals surface area contributed by atoms with Gasteiger partial charge < -0.3 is 10.1 Å². The molecule has 128 valence electrons. The summed E-state index contributed by atoms with van der Waals surface area (Å²) in [5.41, 5.74) is 1.35. The second-order valence-electron chi connectivity index (χ2n) is 7.65. The van der Waals surface area contributed by atoms with E-state index in [1.165, 1.54) is 5.06 Å². The van der Waals surface area contributed by atoms with Gasteiger partial charge in [0.1, 0.15) is 5.41 Å². The largest absolute Gasteiger partial charge is 0.376 e. The third kappa shape index (κ3) is 1.63. The van der Waals surface area contributed by atoms with E-state index in [1.807, 2.05) is 18.2 Å². The number of hydrogen-bond acceptors (Lipinski definition) is 4. The molecule has 1 unspecified atom stereocenters. The molecule has 5 aliphatic rings. The van der Waals surface area contributed by atoms with Crippen LogP contribution in [-0.4, -0.2) is 37.8 Å². The lowest BCUT2D eigenvalue weighted by Crippen LogP contribution is -2.53. The number of fused-ring (bicyclic) bond motifs is 2. The van der Waals surface area contributed by atoms with Gasteiger partial charge >= 0.3 is 0 Å². The number of nitrogens with zero attached hydrogens (tertiary/aromatic N) is 1. The molecule has 1 spiro atoms. The van der Waals surface area contributed by atoms with Crippen molar-refractivity contribution in [3.63, 3.8) is 0 Å². The number of anilines is 1. The van der Waals surface area contributed by atoms with Crippen LogP contribution in [-0.2, 0) is 19.8 Å². The van der Waals surface area contributed by atoms with Crippen LogP contribution in [0.2, 0.25) is 0 Å². The van der Waals surface area contributed by atoms with Gasteiger partial charge in [0.15, 0.2) is 0 Å². The highest BCUT2D eigenvalue weighted by atomic mass is 16.7. The first-order chi connectivity index (χ1) is 11.7. The fourth-order valence-corrected chi connectivity index (χ4v) is 5.82. The lowest BCUT2D eigenvalue weighted by atomic mass is 9.71. The van der Waals surface area contributed by atoms with E-state index in [1.54, 1.807) is 7.11 Å². The van der Waals surface area contributed by atoms with Crippen molar-refractivity contribution < 1.29 is 14.4 Å². The maximum Gasteiger partial charge on any atom is 0.264 e. The Hall–Kier alpha value is -1.43. The number of hydroxylamine groups is 1. The molecule has 1 N–H and O–H groups in total. The van der Waals surface area contributed by atoms with Gasteiger partial charge in [-0.05, 0) is 36.8 Å². The molecule has 24 heavy (non-hydrogen) atoms. The Labute approximate surface area is 142 Å². The molecular weight excluding hydrogens is 304 g/mol. The Balaban J connectivity index is 1.66. The quantitative estimate of drug-likeness (QED) is 0.902. The molecule has 6 rings (SSSR count). The van der Waals surface area contributed by atoms with E-state index in [-0.39, 0.29) is 12.0 Å². The van der Waals surface area contributed by atoms with Gasteiger partial charge in [0.25, 0.3) is 5.91 Å². The van der Waals surface area contributed by atoms with Crippen LogP contribution in [0.1, 0.15) is 31.7 Å². The molecule has 4 heterocycles. The van der Waals surface area contributed by atoms with Crippen molar-refractivity contribution in [1.29, 1.82) is 0 Å². The smallest absolute Gasteiger partial charge is 0.264 e. The first-order valence-corrected chi connectivity index (χ1v) is 9.06. The van der Waals surface area contributed by atoms with Crippen molar-refractivity contribution in [1.82, 2.24) is 5.32 Å². The van der Waals surface area contributed by atoms with Crippen LogP contribution in [0.4, 0.5) is 5.69 Å². The molecule has 1 aromatic rings. The van der Waals surface area contributed by atoms with Crippen molar-refractivity contribution in [2.24, 2.45) is 11.8 Å². The standard InChI is InChI=1S/C19H24N2O3/c1-3-14-11-8-17-19(9-15(20-14)12(11)10-24-17)13-6-4-5-7-16(13)21(23-2)18(19)22/h4-7,11-12,14-15,17,20H,3,8-10H2,1-2H3/t11-,12?,14+,15+,17+,19-/m0/s1. The molecule has 1 aromatic carbocycles. The number of ether oxygens (including phenoxy) is 1. The van der Waals surface area contributed by atoms with Crippen LogP contribution in [0.25, 0.3) is 0 Å². The number of para-hydroxylation sites is 1. The van der Waals surface area contributed by atoms with E-state index in [2.05, 4.69) is 18.3 Å². The van der Waals surface area contributed by atoms with Gasteiger partial charge in [0.2, 0.25) is 0 Å². The average Bonchev–Trinajstić information content (AvgIpc) is 2.96. The molecule has 0 aromatic heterocycles. The SMILES string of the molecule is CC[C@H]1N[C@@H]2C[C@@]3(C(=O)N(OC)c4ccccc43)[C@H]3C[C@H]1C2CO3. The highest BCUT2D eigenvalue weighted by molar-refractivity contribution is 6.07. The maximum atomic E-state index is 13.4. The molecule has 6 atom stereocenters. The van der Waals surface area contributed by atoms with Crippen LogP contribution in [0, 0.1) is 11.8 Å². The van der Waals surface area contributed by atoms with Crippen molar-refractivity contribution in [3.05, 3.63) is 29.8 Å². The first-order valence-electron chi connectivity index (χ1n) is 9.06. The zero-order valence-corrected chi connectivity index (χ0v) is 14.2. The number of hydrogen-bond donors (Lipinski definition) is 1. The molecular formula is C19H24N2O3. The second-order valence-corrected chi connectivity index (χ2v) is 7.65. The van der Waals surface area contributed by atoms with Crippen molar-refractivity contribution >= 4 is 11.6 Å². The predicted octanol–water partition coefficient (Wildman–Crippen LogP) is 2.01. The van der Waals surface area contributed by atoms with Gasteiger partial charge in [-0.3, -0.25) is 9.63 Å². The second kappa shape index (κ2) is 5.04. The molecule has 4 fully saturated rings. The summed E-state index contributed by atoms with van der Waals surface area (Å²) in [5, 5.41) is 5.29. The zero-order valence-electron chi connectivity index (χ0n) is 14.2. The lowest BCUT2D eigenvalue weighted by molar-refractivity contribution is -0.138. The van der Waals surface area contributed by atoms with E-state index >= 15 is 0 Å². The number of carbonyl (C=O) groups excluding carboxylic acids is 1. The van der Waals surface area contributed by atoms with Gasteiger partial charge in [-0.2, -0.15) is 5.06 Å². The third-order valence-corrected chi connectivity index (χ3v) is 6.87. The average molecular weight is 328 g/mol. The fourth-order valence-electron chi connectivity index (χ4n) is 5.82. The number of carbonyl (C=O) groups is 1. The Morgan fingerprint density at radius 1 is 1.38 bits per heavy atom. The van der Waals surface area contributed by atoms with E-state index in [9.17, 15) is 4.79 Å². The maximum absolute atomic E-state index is 13.4. The summed E-state index contributed by atoms with van der Waals surface area (Å²) in [7, 11) is 1.57. The van der Waals surface area contributed by atoms with Crippen molar-refractivity contribution in [2.45, 2.75) is 49.8 Å². The minimum Gasteiger partial charge on any atom is -0.376 e.